The average Bonchev–Trinajstić information content (AvgIpc) is 2.38. The molecular formula is C15H30N2O. The molecule has 1 aliphatic carbocycles. The fourth-order valence-electron chi connectivity index (χ4n) is 3.36. The summed E-state index contributed by atoms with van der Waals surface area (Å²) in [5, 5.41) is 13.8. The summed E-state index contributed by atoms with van der Waals surface area (Å²) in [6.45, 7) is 7.99. The third-order valence-electron chi connectivity index (χ3n) is 4.51. The topological polar surface area (TPSA) is 35.5 Å². The van der Waals surface area contributed by atoms with E-state index in [0.29, 0.717) is 12.1 Å². The zero-order chi connectivity index (χ0) is 13.0. The summed E-state index contributed by atoms with van der Waals surface area (Å²) in [5.41, 5.74) is 0. The van der Waals surface area contributed by atoms with Gasteiger partial charge >= 0.3 is 0 Å². The van der Waals surface area contributed by atoms with Gasteiger partial charge in [0.25, 0.3) is 0 Å². The van der Waals surface area contributed by atoms with Gasteiger partial charge in [0.05, 0.1) is 6.10 Å². The van der Waals surface area contributed by atoms with Gasteiger partial charge in [-0.15, -0.1) is 0 Å². The molecule has 0 aromatic rings. The van der Waals surface area contributed by atoms with Gasteiger partial charge in [-0.2, -0.15) is 0 Å². The summed E-state index contributed by atoms with van der Waals surface area (Å²) in [7, 11) is 0. The molecule has 0 amide bonds. The molecule has 3 nitrogen and oxygen atoms in total. The van der Waals surface area contributed by atoms with Crippen LogP contribution in [0.5, 0.6) is 0 Å². The minimum absolute atomic E-state index is 0.0704. The predicted molar refractivity (Wildman–Crippen MR) is 75.7 cm³/mol. The van der Waals surface area contributed by atoms with Crippen molar-refractivity contribution in [2.45, 2.75) is 70.6 Å². The van der Waals surface area contributed by atoms with Crippen LogP contribution in [-0.2, 0) is 0 Å². The van der Waals surface area contributed by atoms with Crippen LogP contribution in [0.2, 0.25) is 0 Å². The lowest BCUT2D eigenvalue weighted by molar-refractivity contribution is 0.00711. The van der Waals surface area contributed by atoms with Crippen molar-refractivity contribution in [1.82, 2.24) is 10.2 Å². The first-order chi connectivity index (χ1) is 8.66. The van der Waals surface area contributed by atoms with E-state index in [1.807, 2.05) is 0 Å². The van der Waals surface area contributed by atoms with Crippen molar-refractivity contribution >= 4 is 0 Å². The molecule has 2 fully saturated rings. The monoisotopic (exact) mass is 254 g/mol. The Kier molecular flexibility index (Phi) is 5.46. The molecule has 1 saturated carbocycles. The van der Waals surface area contributed by atoms with Gasteiger partial charge < -0.3 is 10.4 Å². The second-order valence-electron chi connectivity index (χ2n) is 6.53. The maximum atomic E-state index is 10.1. The van der Waals surface area contributed by atoms with E-state index in [1.54, 1.807) is 0 Å². The first-order valence-corrected chi connectivity index (χ1v) is 7.82. The van der Waals surface area contributed by atoms with E-state index >= 15 is 0 Å². The van der Waals surface area contributed by atoms with Crippen LogP contribution >= 0.6 is 0 Å². The molecule has 0 aromatic heterocycles. The Morgan fingerprint density at radius 1 is 1.11 bits per heavy atom. The van der Waals surface area contributed by atoms with E-state index in [1.165, 1.54) is 32.1 Å². The molecule has 2 N–H and O–H groups in total. The molecule has 0 bridgehead atoms. The van der Waals surface area contributed by atoms with Crippen LogP contribution in [0.1, 0.15) is 52.4 Å². The highest BCUT2D eigenvalue weighted by Gasteiger charge is 2.31. The van der Waals surface area contributed by atoms with Gasteiger partial charge in [-0.3, -0.25) is 4.90 Å². The number of likely N-dealkylation sites (tertiary alicyclic amines) is 1. The maximum absolute atomic E-state index is 10.1. The lowest BCUT2D eigenvalue weighted by Crippen LogP contribution is -2.51. The van der Waals surface area contributed by atoms with Gasteiger partial charge in [0, 0.05) is 25.2 Å². The second-order valence-corrected chi connectivity index (χ2v) is 6.53. The molecule has 18 heavy (non-hydrogen) atoms. The van der Waals surface area contributed by atoms with Crippen LogP contribution in [-0.4, -0.2) is 47.8 Å². The Morgan fingerprint density at radius 3 is 2.39 bits per heavy atom. The number of rotatable bonds is 4. The molecule has 2 unspecified atom stereocenters. The Morgan fingerprint density at radius 2 is 1.78 bits per heavy atom. The maximum Gasteiger partial charge on any atom is 0.0695 e. The summed E-state index contributed by atoms with van der Waals surface area (Å²) >= 11 is 0. The van der Waals surface area contributed by atoms with Crippen molar-refractivity contribution in [3.8, 4) is 0 Å². The van der Waals surface area contributed by atoms with Gasteiger partial charge in [-0.1, -0.05) is 26.7 Å². The van der Waals surface area contributed by atoms with Crippen LogP contribution in [0.25, 0.3) is 0 Å². The smallest absolute Gasteiger partial charge is 0.0695 e. The van der Waals surface area contributed by atoms with E-state index < -0.39 is 0 Å². The van der Waals surface area contributed by atoms with Gasteiger partial charge in [0.15, 0.2) is 0 Å². The minimum Gasteiger partial charge on any atom is -0.391 e. The highest BCUT2D eigenvalue weighted by atomic mass is 16.3. The predicted octanol–water partition coefficient (Wildman–Crippen LogP) is 2.00. The molecular weight excluding hydrogens is 224 g/mol. The molecule has 2 atom stereocenters. The number of aliphatic hydroxyl groups excluding tert-OH is 1. The first kappa shape index (κ1) is 14.3. The van der Waals surface area contributed by atoms with Crippen molar-refractivity contribution in [2.75, 3.05) is 19.6 Å². The number of hydrogen-bond acceptors (Lipinski definition) is 3. The summed E-state index contributed by atoms with van der Waals surface area (Å²) in [5.74, 6) is 0.739. The molecule has 1 saturated heterocycles. The lowest BCUT2D eigenvalue weighted by atomic mass is 9.89. The van der Waals surface area contributed by atoms with Gasteiger partial charge in [0.2, 0.25) is 0 Å². The molecule has 1 heterocycles. The second kappa shape index (κ2) is 6.88. The number of nitrogens with one attached hydrogen (secondary N) is 1. The summed E-state index contributed by atoms with van der Waals surface area (Å²) in [4.78, 5) is 2.54. The van der Waals surface area contributed by atoms with Crippen molar-refractivity contribution in [3.63, 3.8) is 0 Å². The van der Waals surface area contributed by atoms with Gasteiger partial charge in [0.1, 0.15) is 0 Å². The fraction of sp³-hybridized carbons (Fsp3) is 1.00. The van der Waals surface area contributed by atoms with Crippen molar-refractivity contribution in [2.24, 2.45) is 5.92 Å². The van der Waals surface area contributed by atoms with E-state index in [2.05, 4.69) is 24.1 Å². The number of nitrogens with zero attached hydrogens (tertiary/aromatic N) is 1. The van der Waals surface area contributed by atoms with Crippen LogP contribution in [0, 0.1) is 5.92 Å². The Balaban J connectivity index is 1.72. The average molecular weight is 254 g/mol. The van der Waals surface area contributed by atoms with Crippen LogP contribution in [0.4, 0.5) is 0 Å². The molecule has 2 aliphatic rings. The van der Waals surface area contributed by atoms with Crippen LogP contribution in [0.3, 0.4) is 0 Å². The van der Waals surface area contributed by atoms with Gasteiger partial charge in [-0.05, 0) is 38.1 Å². The Labute approximate surface area is 112 Å². The highest BCUT2D eigenvalue weighted by Crippen LogP contribution is 2.25. The quantitative estimate of drug-likeness (QED) is 0.805. The third kappa shape index (κ3) is 3.94. The number of hydrogen-bond donors (Lipinski definition) is 2. The molecule has 3 heteroatoms. The third-order valence-corrected chi connectivity index (χ3v) is 4.51. The summed E-state index contributed by atoms with van der Waals surface area (Å²) in [6.07, 6.45) is 7.14. The van der Waals surface area contributed by atoms with Crippen LogP contribution in [0.15, 0.2) is 0 Å². The Hall–Kier alpha value is -0.120. The van der Waals surface area contributed by atoms with E-state index in [-0.39, 0.29) is 6.10 Å². The number of aliphatic hydroxyl groups is 1. The standard InChI is InChI=1S/C15H30N2O/c1-12(2)11-16-13-7-9-17(10-8-13)14-5-3-4-6-15(14)18/h12-16,18H,3-11H2,1-2H3. The van der Waals surface area contributed by atoms with Crippen molar-refractivity contribution in [1.29, 1.82) is 0 Å². The molecule has 0 radical (unpaired) electrons. The molecule has 106 valence electrons. The fourth-order valence-corrected chi connectivity index (χ4v) is 3.36. The summed E-state index contributed by atoms with van der Waals surface area (Å²) in [6, 6.07) is 1.15. The normalized spacial score (nSPS) is 32.0. The SMILES string of the molecule is CC(C)CNC1CCN(C2CCCCC2O)CC1. The van der Waals surface area contributed by atoms with Crippen molar-refractivity contribution < 1.29 is 5.11 Å². The zero-order valence-corrected chi connectivity index (χ0v) is 12.1. The van der Waals surface area contributed by atoms with E-state index in [4.69, 9.17) is 0 Å². The molecule has 0 spiro atoms. The molecule has 1 aliphatic heterocycles. The highest BCUT2D eigenvalue weighted by molar-refractivity contribution is 4.87. The largest absolute Gasteiger partial charge is 0.391 e. The van der Waals surface area contributed by atoms with Crippen LogP contribution < -0.4 is 5.32 Å². The minimum atomic E-state index is -0.0704. The first-order valence-electron chi connectivity index (χ1n) is 7.82. The lowest BCUT2D eigenvalue weighted by Gasteiger charge is -2.41. The zero-order valence-electron chi connectivity index (χ0n) is 12.1. The van der Waals surface area contributed by atoms with E-state index in [9.17, 15) is 5.11 Å². The van der Waals surface area contributed by atoms with E-state index in [0.717, 1.165) is 32.0 Å². The van der Waals surface area contributed by atoms with Crippen molar-refractivity contribution in [3.05, 3.63) is 0 Å². The molecule has 0 aromatic carbocycles. The number of piperidine rings is 1. The Bertz CT molecular complexity index is 237. The van der Waals surface area contributed by atoms with Gasteiger partial charge in [-0.25, -0.2) is 0 Å². The summed E-state index contributed by atoms with van der Waals surface area (Å²) < 4.78 is 0. The molecule has 2 rings (SSSR count).